The lowest BCUT2D eigenvalue weighted by Crippen LogP contribution is -2.32. The molecule has 4 nitrogen and oxygen atoms in total. The Morgan fingerprint density at radius 2 is 2.18 bits per heavy atom. The molecule has 0 saturated carbocycles. The first kappa shape index (κ1) is 14.6. The normalized spacial score (nSPS) is 12.4. The molecule has 17 heavy (non-hydrogen) atoms. The third-order valence-corrected chi connectivity index (χ3v) is 6.12. The van der Waals surface area contributed by atoms with Gasteiger partial charge in [0.2, 0.25) is 10.0 Å². The molecule has 0 radical (unpaired) electrons. The van der Waals surface area contributed by atoms with Crippen LogP contribution in [0.5, 0.6) is 0 Å². The second kappa shape index (κ2) is 5.06. The van der Waals surface area contributed by atoms with Crippen molar-refractivity contribution in [2.24, 2.45) is 5.41 Å². The minimum absolute atomic E-state index is 0.0976. The van der Waals surface area contributed by atoms with Crippen LogP contribution in [-0.2, 0) is 10.0 Å². The molecule has 94 valence electrons. The van der Waals surface area contributed by atoms with Gasteiger partial charge in [0.1, 0.15) is 4.21 Å². The molecule has 0 bridgehead atoms. The maximum atomic E-state index is 11.9. The van der Waals surface area contributed by atoms with E-state index in [4.69, 9.17) is 5.26 Å². The van der Waals surface area contributed by atoms with Crippen LogP contribution in [0.2, 0.25) is 0 Å². The maximum Gasteiger partial charge on any atom is 0.250 e. The first-order valence-electron chi connectivity index (χ1n) is 4.85. The SMILES string of the molecule is Cc1cc(S(=O)(=O)NCC(C)(C)C#N)sc1Br. The van der Waals surface area contributed by atoms with Gasteiger partial charge in [-0.15, -0.1) is 11.3 Å². The molecule has 0 aliphatic rings. The Morgan fingerprint density at radius 1 is 1.59 bits per heavy atom. The third-order valence-electron chi connectivity index (χ3n) is 2.11. The van der Waals surface area contributed by atoms with Gasteiger partial charge < -0.3 is 0 Å². The highest BCUT2D eigenvalue weighted by Crippen LogP contribution is 2.30. The Balaban J connectivity index is 2.88. The molecule has 1 aromatic heterocycles. The summed E-state index contributed by atoms with van der Waals surface area (Å²) in [5.74, 6) is 0. The van der Waals surface area contributed by atoms with Crippen LogP contribution in [0, 0.1) is 23.7 Å². The van der Waals surface area contributed by atoms with E-state index in [9.17, 15) is 8.42 Å². The van der Waals surface area contributed by atoms with Crippen molar-refractivity contribution in [1.82, 2.24) is 4.72 Å². The number of hydrogen-bond acceptors (Lipinski definition) is 4. The van der Waals surface area contributed by atoms with Crippen LogP contribution in [0.25, 0.3) is 0 Å². The molecule has 0 saturated heterocycles. The smallest absolute Gasteiger partial charge is 0.209 e. The predicted octanol–water partition coefficient (Wildman–Crippen LogP) is 2.65. The van der Waals surface area contributed by atoms with Crippen molar-refractivity contribution in [3.05, 3.63) is 15.4 Å². The summed E-state index contributed by atoms with van der Waals surface area (Å²) in [5.41, 5.74) is 0.172. The van der Waals surface area contributed by atoms with Gasteiger partial charge in [0, 0.05) is 6.54 Å². The summed E-state index contributed by atoms with van der Waals surface area (Å²) in [6.07, 6.45) is 0. The zero-order chi connectivity index (χ0) is 13.3. The monoisotopic (exact) mass is 336 g/mol. The summed E-state index contributed by atoms with van der Waals surface area (Å²) < 4.78 is 27.4. The number of thiophene rings is 1. The highest BCUT2D eigenvalue weighted by molar-refractivity contribution is 9.11. The molecule has 0 aliphatic heterocycles. The molecular formula is C10H13BrN2O2S2. The van der Waals surface area contributed by atoms with Crippen molar-refractivity contribution in [3.8, 4) is 6.07 Å². The number of aryl methyl sites for hydroxylation is 1. The molecule has 1 heterocycles. The second-order valence-electron chi connectivity index (χ2n) is 4.34. The average Bonchev–Trinajstić information content (AvgIpc) is 2.58. The van der Waals surface area contributed by atoms with Crippen LogP contribution in [0.4, 0.5) is 0 Å². The Labute approximate surface area is 114 Å². The Hall–Kier alpha value is -0.420. The summed E-state index contributed by atoms with van der Waals surface area (Å²) in [6.45, 7) is 5.30. The van der Waals surface area contributed by atoms with Crippen LogP contribution >= 0.6 is 27.3 Å². The topological polar surface area (TPSA) is 70.0 Å². The fraction of sp³-hybridized carbons (Fsp3) is 0.500. The number of nitrogens with zero attached hydrogens (tertiary/aromatic N) is 1. The van der Waals surface area contributed by atoms with E-state index >= 15 is 0 Å². The third kappa shape index (κ3) is 3.78. The van der Waals surface area contributed by atoms with Gasteiger partial charge >= 0.3 is 0 Å². The summed E-state index contributed by atoms with van der Waals surface area (Å²) in [5, 5.41) is 8.82. The largest absolute Gasteiger partial charge is 0.250 e. The van der Waals surface area contributed by atoms with Crippen molar-refractivity contribution in [2.75, 3.05) is 6.54 Å². The van der Waals surface area contributed by atoms with Gasteiger partial charge in [0.05, 0.1) is 15.3 Å². The molecule has 0 atom stereocenters. The molecule has 1 N–H and O–H groups in total. The maximum absolute atomic E-state index is 11.9. The van der Waals surface area contributed by atoms with Crippen molar-refractivity contribution >= 4 is 37.3 Å². The Morgan fingerprint density at radius 3 is 2.59 bits per heavy atom. The molecule has 0 unspecified atom stereocenters. The van der Waals surface area contributed by atoms with E-state index in [1.807, 2.05) is 13.0 Å². The van der Waals surface area contributed by atoms with Gasteiger partial charge in [-0.05, 0) is 48.3 Å². The van der Waals surface area contributed by atoms with Gasteiger partial charge in [0.15, 0.2) is 0 Å². The molecule has 0 aliphatic carbocycles. The van der Waals surface area contributed by atoms with Crippen LogP contribution in [0.3, 0.4) is 0 Å². The minimum Gasteiger partial charge on any atom is -0.209 e. The molecular weight excluding hydrogens is 324 g/mol. The highest BCUT2D eigenvalue weighted by Gasteiger charge is 2.23. The first-order valence-corrected chi connectivity index (χ1v) is 7.94. The highest BCUT2D eigenvalue weighted by atomic mass is 79.9. The van der Waals surface area contributed by atoms with Crippen molar-refractivity contribution in [2.45, 2.75) is 25.0 Å². The fourth-order valence-electron chi connectivity index (χ4n) is 0.950. The average molecular weight is 337 g/mol. The number of halogens is 1. The van der Waals surface area contributed by atoms with Crippen molar-refractivity contribution in [1.29, 1.82) is 5.26 Å². The summed E-state index contributed by atoms with van der Waals surface area (Å²) in [4.78, 5) is 0. The summed E-state index contributed by atoms with van der Waals surface area (Å²) in [6, 6.07) is 3.66. The van der Waals surface area contributed by atoms with Gasteiger partial charge in [-0.1, -0.05) is 0 Å². The minimum atomic E-state index is -3.52. The lowest BCUT2D eigenvalue weighted by atomic mass is 9.97. The molecule has 1 aromatic rings. The molecule has 0 amide bonds. The predicted molar refractivity (Wildman–Crippen MR) is 71.3 cm³/mol. The van der Waals surface area contributed by atoms with Gasteiger partial charge in [0.25, 0.3) is 0 Å². The number of hydrogen-bond donors (Lipinski definition) is 1. The van der Waals surface area contributed by atoms with Crippen LogP contribution in [0.1, 0.15) is 19.4 Å². The number of sulfonamides is 1. The van der Waals surface area contributed by atoms with E-state index < -0.39 is 15.4 Å². The van der Waals surface area contributed by atoms with Gasteiger partial charge in [-0.2, -0.15) is 5.26 Å². The van der Waals surface area contributed by atoms with Crippen molar-refractivity contribution < 1.29 is 8.42 Å². The van der Waals surface area contributed by atoms with E-state index in [1.54, 1.807) is 19.9 Å². The van der Waals surface area contributed by atoms with E-state index in [-0.39, 0.29) is 10.8 Å². The van der Waals surface area contributed by atoms with E-state index in [0.29, 0.717) is 0 Å². The molecule has 0 fully saturated rings. The lowest BCUT2D eigenvalue weighted by Gasteiger charge is -2.15. The van der Waals surface area contributed by atoms with E-state index in [1.165, 1.54) is 0 Å². The van der Waals surface area contributed by atoms with Gasteiger partial charge in [-0.3, -0.25) is 0 Å². The van der Waals surface area contributed by atoms with Crippen molar-refractivity contribution in [3.63, 3.8) is 0 Å². The van der Waals surface area contributed by atoms with Gasteiger partial charge in [-0.25, -0.2) is 13.1 Å². The molecule has 7 heteroatoms. The molecule has 0 aromatic carbocycles. The Bertz CT molecular complexity index is 536. The summed E-state index contributed by atoms with van der Waals surface area (Å²) >= 11 is 4.45. The zero-order valence-corrected chi connectivity index (χ0v) is 13.0. The molecule has 1 rings (SSSR count). The van der Waals surface area contributed by atoms with E-state index in [2.05, 4.69) is 20.7 Å². The zero-order valence-electron chi connectivity index (χ0n) is 9.74. The lowest BCUT2D eigenvalue weighted by molar-refractivity contribution is 0.479. The van der Waals surface area contributed by atoms with E-state index in [0.717, 1.165) is 20.7 Å². The fourth-order valence-corrected chi connectivity index (χ4v) is 4.43. The molecule has 0 spiro atoms. The van der Waals surface area contributed by atoms with Crippen LogP contribution < -0.4 is 4.72 Å². The first-order chi connectivity index (χ1) is 7.68. The summed E-state index contributed by atoms with van der Waals surface area (Å²) in [7, 11) is -3.52. The standard InChI is InChI=1S/C10H13BrN2O2S2/c1-7-4-8(16-9(7)11)17(14,15)13-6-10(2,3)5-12/h4,13H,6H2,1-3H3. The number of nitriles is 1. The second-order valence-corrected chi connectivity index (χ2v) is 8.71. The Kier molecular flexibility index (Phi) is 4.36. The van der Waals surface area contributed by atoms with Crippen LogP contribution in [0.15, 0.2) is 14.1 Å². The quantitative estimate of drug-likeness (QED) is 0.918. The van der Waals surface area contributed by atoms with Crippen LogP contribution in [-0.4, -0.2) is 15.0 Å². The number of nitrogens with one attached hydrogen (secondary N) is 1. The number of rotatable bonds is 4.